The van der Waals surface area contributed by atoms with Crippen molar-refractivity contribution in [2.75, 3.05) is 13.1 Å². The monoisotopic (exact) mass is 254 g/mol. The van der Waals surface area contributed by atoms with E-state index < -0.39 is 11.6 Å². The molecule has 1 saturated carbocycles. The molecule has 1 aliphatic carbocycles. The Hall–Kier alpha value is -1.49. The maximum absolute atomic E-state index is 13.3. The van der Waals surface area contributed by atoms with E-state index in [4.69, 9.17) is 0 Å². The molecule has 0 radical (unpaired) electrons. The molecule has 98 valence electrons. The number of rotatable bonds is 6. The molecule has 0 heterocycles. The fraction of sp³-hybridized carbons (Fsp3) is 0.462. The Kier molecular flexibility index (Phi) is 4.25. The average molecular weight is 254 g/mol. The zero-order chi connectivity index (χ0) is 13.0. The molecule has 0 atom stereocenters. The van der Waals surface area contributed by atoms with Gasteiger partial charge in [0.25, 0.3) is 0 Å². The lowest BCUT2D eigenvalue weighted by Gasteiger charge is -2.07. The molecule has 5 heteroatoms. The van der Waals surface area contributed by atoms with Crippen molar-refractivity contribution in [3.8, 4) is 0 Å². The second-order valence-corrected chi connectivity index (χ2v) is 4.46. The maximum Gasteiger partial charge on any atom is 0.224 e. The van der Waals surface area contributed by atoms with Crippen LogP contribution in [0.1, 0.15) is 18.4 Å². The van der Waals surface area contributed by atoms with Crippen LogP contribution in [-0.2, 0) is 11.2 Å². The highest BCUT2D eigenvalue weighted by Crippen LogP contribution is 2.17. The zero-order valence-electron chi connectivity index (χ0n) is 10.0. The number of hydrogen-bond donors (Lipinski definition) is 2. The molecule has 0 saturated heterocycles. The van der Waals surface area contributed by atoms with E-state index in [0.717, 1.165) is 12.1 Å². The van der Waals surface area contributed by atoms with Crippen LogP contribution in [0.4, 0.5) is 8.78 Å². The van der Waals surface area contributed by atoms with Crippen molar-refractivity contribution in [3.63, 3.8) is 0 Å². The molecule has 2 N–H and O–H groups in total. The molecular formula is C13H16F2N2O. The van der Waals surface area contributed by atoms with Gasteiger partial charge >= 0.3 is 0 Å². The summed E-state index contributed by atoms with van der Waals surface area (Å²) in [5, 5.41) is 5.87. The summed E-state index contributed by atoms with van der Waals surface area (Å²) in [7, 11) is 0. The molecule has 2 rings (SSSR count). The van der Waals surface area contributed by atoms with Gasteiger partial charge in [-0.3, -0.25) is 4.79 Å². The van der Waals surface area contributed by atoms with Crippen molar-refractivity contribution in [2.45, 2.75) is 25.3 Å². The van der Waals surface area contributed by atoms with E-state index in [-0.39, 0.29) is 17.9 Å². The Morgan fingerprint density at radius 3 is 2.50 bits per heavy atom. The van der Waals surface area contributed by atoms with Gasteiger partial charge in [-0.1, -0.05) is 6.07 Å². The smallest absolute Gasteiger partial charge is 0.224 e. The molecule has 1 amide bonds. The van der Waals surface area contributed by atoms with Crippen molar-refractivity contribution in [1.82, 2.24) is 10.6 Å². The van der Waals surface area contributed by atoms with Crippen LogP contribution in [0.25, 0.3) is 0 Å². The third-order valence-electron chi connectivity index (χ3n) is 2.86. The van der Waals surface area contributed by atoms with E-state index in [1.807, 2.05) is 0 Å². The van der Waals surface area contributed by atoms with Crippen LogP contribution < -0.4 is 10.6 Å². The third-order valence-corrected chi connectivity index (χ3v) is 2.86. The predicted octanol–water partition coefficient (Wildman–Crippen LogP) is 1.38. The molecule has 1 aromatic carbocycles. The fourth-order valence-corrected chi connectivity index (χ4v) is 1.69. The molecule has 3 nitrogen and oxygen atoms in total. The number of nitrogens with one attached hydrogen (secondary N) is 2. The summed E-state index contributed by atoms with van der Waals surface area (Å²) in [5.41, 5.74) is -0.176. The lowest BCUT2D eigenvalue weighted by Crippen LogP contribution is -2.33. The summed E-state index contributed by atoms with van der Waals surface area (Å²) < 4.78 is 26.6. The van der Waals surface area contributed by atoms with Crippen LogP contribution in [0.2, 0.25) is 0 Å². The van der Waals surface area contributed by atoms with Crippen molar-refractivity contribution in [3.05, 3.63) is 35.4 Å². The third kappa shape index (κ3) is 3.77. The van der Waals surface area contributed by atoms with E-state index in [1.54, 1.807) is 0 Å². The van der Waals surface area contributed by atoms with Gasteiger partial charge in [0, 0.05) is 24.7 Å². The number of carbonyl (C=O) groups is 1. The summed E-state index contributed by atoms with van der Waals surface area (Å²) >= 11 is 0. The highest BCUT2D eigenvalue weighted by molar-refractivity contribution is 5.78. The average Bonchev–Trinajstić information content (AvgIpc) is 3.14. The Labute approximate surface area is 105 Å². The minimum absolute atomic E-state index is 0.176. The minimum Gasteiger partial charge on any atom is -0.355 e. The predicted molar refractivity (Wildman–Crippen MR) is 64.1 cm³/mol. The first-order valence-electron chi connectivity index (χ1n) is 6.10. The van der Waals surface area contributed by atoms with Crippen LogP contribution in [0, 0.1) is 11.6 Å². The van der Waals surface area contributed by atoms with Gasteiger partial charge in [-0.2, -0.15) is 0 Å². The number of halogens is 2. The molecule has 0 bridgehead atoms. The minimum atomic E-state index is -0.679. The van der Waals surface area contributed by atoms with Crippen molar-refractivity contribution in [1.29, 1.82) is 0 Å². The first-order chi connectivity index (χ1) is 8.66. The lowest BCUT2D eigenvalue weighted by molar-refractivity contribution is -0.120. The SMILES string of the molecule is O=C(Cc1c(F)cccc1F)NCCNC1CC1. The zero-order valence-corrected chi connectivity index (χ0v) is 10.0. The van der Waals surface area contributed by atoms with Gasteiger partial charge in [-0.05, 0) is 25.0 Å². The number of amides is 1. The van der Waals surface area contributed by atoms with Gasteiger partial charge < -0.3 is 10.6 Å². The van der Waals surface area contributed by atoms with Crippen molar-refractivity contribution < 1.29 is 13.6 Å². The van der Waals surface area contributed by atoms with Gasteiger partial charge in [-0.25, -0.2) is 8.78 Å². The fourth-order valence-electron chi connectivity index (χ4n) is 1.69. The van der Waals surface area contributed by atoms with Crippen molar-refractivity contribution in [2.24, 2.45) is 0 Å². The molecule has 18 heavy (non-hydrogen) atoms. The van der Waals surface area contributed by atoms with E-state index in [1.165, 1.54) is 18.9 Å². The second-order valence-electron chi connectivity index (χ2n) is 4.46. The normalized spacial score (nSPS) is 14.6. The topological polar surface area (TPSA) is 41.1 Å². The summed E-state index contributed by atoms with van der Waals surface area (Å²) in [6.45, 7) is 1.17. The van der Waals surface area contributed by atoms with E-state index in [2.05, 4.69) is 10.6 Å². The van der Waals surface area contributed by atoms with Crippen LogP contribution in [0.3, 0.4) is 0 Å². The maximum atomic E-state index is 13.3. The van der Waals surface area contributed by atoms with Gasteiger partial charge in [0.1, 0.15) is 11.6 Å². The summed E-state index contributed by atoms with van der Waals surface area (Å²) in [6, 6.07) is 4.18. The first kappa shape index (κ1) is 13.0. The van der Waals surface area contributed by atoms with Crippen LogP contribution >= 0.6 is 0 Å². The first-order valence-corrected chi connectivity index (χ1v) is 6.10. The Morgan fingerprint density at radius 2 is 1.89 bits per heavy atom. The standard InChI is InChI=1S/C13H16F2N2O/c14-11-2-1-3-12(15)10(11)8-13(18)17-7-6-16-9-4-5-9/h1-3,9,16H,4-8H2,(H,17,18). The lowest BCUT2D eigenvalue weighted by atomic mass is 10.1. The summed E-state index contributed by atoms with van der Waals surface area (Å²) in [5.74, 6) is -1.72. The van der Waals surface area contributed by atoms with Crippen molar-refractivity contribution >= 4 is 5.91 Å². The van der Waals surface area contributed by atoms with Crippen LogP contribution in [0.15, 0.2) is 18.2 Å². The molecule has 0 aliphatic heterocycles. The highest BCUT2D eigenvalue weighted by Gasteiger charge is 2.19. The van der Waals surface area contributed by atoms with E-state index in [0.29, 0.717) is 19.1 Å². The number of hydrogen-bond acceptors (Lipinski definition) is 2. The molecular weight excluding hydrogens is 238 g/mol. The van der Waals surface area contributed by atoms with Gasteiger partial charge in [0.2, 0.25) is 5.91 Å². The summed E-state index contributed by atoms with van der Waals surface area (Å²) in [6.07, 6.45) is 2.12. The molecule has 0 unspecified atom stereocenters. The molecule has 1 aromatic rings. The van der Waals surface area contributed by atoms with E-state index in [9.17, 15) is 13.6 Å². The quantitative estimate of drug-likeness (QED) is 0.753. The van der Waals surface area contributed by atoms with E-state index >= 15 is 0 Å². The molecule has 1 fully saturated rings. The van der Waals surface area contributed by atoms with Crippen LogP contribution in [0.5, 0.6) is 0 Å². The molecule has 1 aliphatic rings. The van der Waals surface area contributed by atoms with Gasteiger partial charge in [-0.15, -0.1) is 0 Å². The number of carbonyl (C=O) groups excluding carboxylic acids is 1. The highest BCUT2D eigenvalue weighted by atomic mass is 19.1. The Balaban J connectivity index is 1.75. The molecule has 0 aromatic heterocycles. The Morgan fingerprint density at radius 1 is 1.22 bits per heavy atom. The van der Waals surface area contributed by atoms with Gasteiger partial charge in [0.15, 0.2) is 0 Å². The molecule has 0 spiro atoms. The number of benzene rings is 1. The second kappa shape index (κ2) is 5.91. The Bertz CT molecular complexity index is 413. The van der Waals surface area contributed by atoms with Crippen LogP contribution in [-0.4, -0.2) is 25.0 Å². The summed E-state index contributed by atoms with van der Waals surface area (Å²) in [4.78, 5) is 11.5. The largest absolute Gasteiger partial charge is 0.355 e. The van der Waals surface area contributed by atoms with Gasteiger partial charge in [0.05, 0.1) is 6.42 Å².